The smallest absolute Gasteiger partial charge is 0.263 e. The van der Waals surface area contributed by atoms with E-state index in [4.69, 9.17) is 5.73 Å². The SMILES string of the molecule is Nc1c(C(=O)NCCC2=CCCCC2)sc2nnccc12. The summed E-state index contributed by atoms with van der Waals surface area (Å²) >= 11 is 1.29. The Morgan fingerprint density at radius 2 is 2.33 bits per heavy atom. The van der Waals surface area contributed by atoms with E-state index in [-0.39, 0.29) is 5.91 Å². The number of nitrogen functional groups attached to an aromatic ring is 1. The topological polar surface area (TPSA) is 80.9 Å². The number of hydrogen-bond acceptors (Lipinski definition) is 5. The third kappa shape index (κ3) is 3.05. The molecule has 0 fully saturated rings. The lowest BCUT2D eigenvalue weighted by Crippen LogP contribution is -2.24. The number of carbonyl (C=O) groups is 1. The summed E-state index contributed by atoms with van der Waals surface area (Å²) < 4.78 is 0. The quantitative estimate of drug-likeness (QED) is 0.851. The number of anilines is 1. The number of nitrogens with one attached hydrogen (secondary N) is 1. The van der Waals surface area contributed by atoms with Crippen LogP contribution < -0.4 is 11.1 Å². The Labute approximate surface area is 127 Å². The van der Waals surface area contributed by atoms with Crippen LogP contribution in [0.1, 0.15) is 41.8 Å². The Balaban J connectivity index is 1.64. The van der Waals surface area contributed by atoms with Crippen molar-refractivity contribution in [3.05, 3.63) is 28.8 Å². The van der Waals surface area contributed by atoms with Crippen LogP contribution in [0, 0.1) is 0 Å². The Morgan fingerprint density at radius 1 is 1.43 bits per heavy atom. The van der Waals surface area contributed by atoms with Gasteiger partial charge in [0.2, 0.25) is 0 Å². The number of rotatable bonds is 4. The van der Waals surface area contributed by atoms with Crippen LogP contribution in [0.4, 0.5) is 5.69 Å². The molecule has 6 heteroatoms. The second-order valence-electron chi connectivity index (χ2n) is 5.21. The van der Waals surface area contributed by atoms with Crippen molar-refractivity contribution in [2.75, 3.05) is 12.3 Å². The normalized spacial score (nSPS) is 15.0. The first-order chi connectivity index (χ1) is 10.3. The Bertz CT molecular complexity index is 692. The number of carbonyl (C=O) groups excluding carboxylic acids is 1. The number of hydrogen-bond donors (Lipinski definition) is 2. The number of aromatic nitrogens is 2. The zero-order valence-corrected chi connectivity index (χ0v) is 12.6. The summed E-state index contributed by atoms with van der Waals surface area (Å²) in [5.41, 5.74) is 7.98. The van der Waals surface area contributed by atoms with Crippen LogP contribution in [0.25, 0.3) is 10.2 Å². The van der Waals surface area contributed by atoms with Gasteiger partial charge in [0.05, 0.1) is 11.9 Å². The van der Waals surface area contributed by atoms with Crippen molar-refractivity contribution >= 4 is 33.1 Å². The third-order valence-electron chi connectivity index (χ3n) is 3.74. The van der Waals surface area contributed by atoms with E-state index in [0.717, 1.165) is 18.2 Å². The zero-order chi connectivity index (χ0) is 14.7. The van der Waals surface area contributed by atoms with Gasteiger partial charge in [-0.3, -0.25) is 4.79 Å². The average Bonchev–Trinajstić information content (AvgIpc) is 2.86. The second kappa shape index (κ2) is 6.22. The molecule has 2 heterocycles. The van der Waals surface area contributed by atoms with Crippen LogP contribution in [0.15, 0.2) is 23.9 Å². The van der Waals surface area contributed by atoms with Crippen molar-refractivity contribution in [2.45, 2.75) is 32.1 Å². The molecule has 0 atom stereocenters. The fourth-order valence-electron chi connectivity index (χ4n) is 2.59. The number of thiophene rings is 1. The average molecular weight is 302 g/mol. The van der Waals surface area contributed by atoms with Crippen LogP contribution in [0.5, 0.6) is 0 Å². The highest BCUT2D eigenvalue weighted by atomic mass is 32.1. The van der Waals surface area contributed by atoms with Gasteiger partial charge in [0.15, 0.2) is 0 Å². The number of allylic oxidation sites excluding steroid dienone is 1. The third-order valence-corrected chi connectivity index (χ3v) is 4.85. The highest BCUT2D eigenvalue weighted by Crippen LogP contribution is 2.31. The standard InChI is InChI=1S/C15H18N4OS/c16-12-11-7-9-18-19-15(11)21-13(12)14(20)17-8-6-10-4-2-1-3-5-10/h4,7,9H,1-3,5-6,8,16H2,(H,17,20). The molecule has 0 saturated carbocycles. The lowest BCUT2D eigenvalue weighted by atomic mass is 9.97. The van der Waals surface area contributed by atoms with Gasteiger partial charge in [-0.15, -0.1) is 16.4 Å². The van der Waals surface area contributed by atoms with Crippen LogP contribution >= 0.6 is 11.3 Å². The van der Waals surface area contributed by atoms with Gasteiger partial charge in [-0.1, -0.05) is 11.6 Å². The molecule has 0 unspecified atom stereocenters. The molecule has 0 spiro atoms. The number of amides is 1. The first kappa shape index (κ1) is 14.0. The molecule has 0 aromatic carbocycles. The second-order valence-corrected chi connectivity index (χ2v) is 6.21. The summed E-state index contributed by atoms with van der Waals surface area (Å²) in [5.74, 6) is -0.119. The van der Waals surface area contributed by atoms with Crippen molar-refractivity contribution in [1.82, 2.24) is 15.5 Å². The Kier molecular flexibility index (Phi) is 4.15. The zero-order valence-electron chi connectivity index (χ0n) is 11.8. The van der Waals surface area contributed by atoms with Gasteiger partial charge in [-0.25, -0.2) is 0 Å². The molecule has 2 aromatic heterocycles. The minimum absolute atomic E-state index is 0.119. The fourth-order valence-corrected chi connectivity index (χ4v) is 3.54. The van der Waals surface area contributed by atoms with Crippen molar-refractivity contribution in [3.63, 3.8) is 0 Å². The first-order valence-corrected chi connectivity index (χ1v) is 8.03. The predicted octanol–water partition coefficient (Wildman–Crippen LogP) is 2.89. The minimum atomic E-state index is -0.119. The monoisotopic (exact) mass is 302 g/mol. The molecule has 1 aliphatic rings. The van der Waals surface area contributed by atoms with Crippen molar-refractivity contribution in [1.29, 1.82) is 0 Å². The maximum absolute atomic E-state index is 12.2. The minimum Gasteiger partial charge on any atom is -0.397 e. The summed E-state index contributed by atoms with van der Waals surface area (Å²) in [6, 6.07) is 1.79. The summed E-state index contributed by atoms with van der Waals surface area (Å²) in [6.45, 7) is 0.657. The van der Waals surface area contributed by atoms with Gasteiger partial charge in [-0.2, -0.15) is 5.10 Å². The molecule has 3 rings (SSSR count). The van der Waals surface area contributed by atoms with E-state index in [1.807, 2.05) is 0 Å². The van der Waals surface area contributed by atoms with Gasteiger partial charge < -0.3 is 11.1 Å². The lowest BCUT2D eigenvalue weighted by Gasteiger charge is -2.12. The van der Waals surface area contributed by atoms with E-state index < -0.39 is 0 Å². The van der Waals surface area contributed by atoms with E-state index >= 15 is 0 Å². The van der Waals surface area contributed by atoms with E-state index in [0.29, 0.717) is 21.9 Å². The maximum atomic E-state index is 12.2. The molecule has 0 bridgehead atoms. The highest BCUT2D eigenvalue weighted by Gasteiger charge is 2.17. The highest BCUT2D eigenvalue weighted by molar-refractivity contribution is 7.21. The van der Waals surface area contributed by atoms with Crippen LogP contribution in [0.2, 0.25) is 0 Å². The molecular weight excluding hydrogens is 284 g/mol. The summed E-state index contributed by atoms with van der Waals surface area (Å²) in [6.07, 6.45) is 9.71. The molecule has 3 N–H and O–H groups in total. The summed E-state index contributed by atoms with van der Waals surface area (Å²) in [7, 11) is 0. The van der Waals surface area contributed by atoms with Gasteiger partial charge in [0.25, 0.3) is 5.91 Å². The summed E-state index contributed by atoms with van der Waals surface area (Å²) in [4.78, 5) is 13.5. The molecule has 21 heavy (non-hydrogen) atoms. The predicted molar refractivity (Wildman–Crippen MR) is 85.3 cm³/mol. The molecule has 0 aliphatic heterocycles. The number of fused-ring (bicyclic) bond motifs is 1. The maximum Gasteiger partial charge on any atom is 0.263 e. The molecule has 1 aliphatic carbocycles. The first-order valence-electron chi connectivity index (χ1n) is 7.21. The van der Waals surface area contributed by atoms with Crippen molar-refractivity contribution < 1.29 is 4.79 Å². The number of nitrogens with zero attached hydrogens (tertiary/aromatic N) is 2. The molecule has 5 nitrogen and oxygen atoms in total. The van der Waals surface area contributed by atoms with Crippen molar-refractivity contribution in [2.24, 2.45) is 0 Å². The molecule has 0 radical (unpaired) electrons. The van der Waals surface area contributed by atoms with Gasteiger partial charge in [0, 0.05) is 11.9 Å². The molecule has 110 valence electrons. The fraction of sp³-hybridized carbons (Fsp3) is 0.400. The van der Waals surface area contributed by atoms with E-state index in [2.05, 4.69) is 21.6 Å². The molecule has 2 aromatic rings. The van der Waals surface area contributed by atoms with Crippen LogP contribution in [-0.4, -0.2) is 22.6 Å². The van der Waals surface area contributed by atoms with Gasteiger partial charge >= 0.3 is 0 Å². The largest absolute Gasteiger partial charge is 0.397 e. The molecule has 1 amide bonds. The van der Waals surface area contributed by atoms with Gasteiger partial charge in [-0.05, 0) is 38.2 Å². The summed E-state index contributed by atoms with van der Waals surface area (Å²) in [5, 5.41) is 11.6. The van der Waals surface area contributed by atoms with E-state index in [9.17, 15) is 4.79 Å². The van der Waals surface area contributed by atoms with E-state index in [1.54, 1.807) is 12.3 Å². The van der Waals surface area contributed by atoms with Gasteiger partial charge in [0.1, 0.15) is 9.71 Å². The van der Waals surface area contributed by atoms with Crippen molar-refractivity contribution in [3.8, 4) is 0 Å². The Morgan fingerprint density at radius 3 is 3.10 bits per heavy atom. The molecular formula is C15H18N4OS. The van der Waals surface area contributed by atoms with Crippen LogP contribution in [-0.2, 0) is 0 Å². The van der Waals surface area contributed by atoms with Crippen LogP contribution in [0.3, 0.4) is 0 Å². The lowest BCUT2D eigenvalue weighted by molar-refractivity contribution is 0.0959. The van der Waals surface area contributed by atoms with E-state index in [1.165, 1.54) is 36.2 Å². The number of nitrogens with two attached hydrogens (primary N) is 1. The molecule has 0 saturated heterocycles. The Hall–Kier alpha value is -1.95.